The maximum atomic E-state index is 12.2. The van der Waals surface area contributed by atoms with Crippen LogP contribution in [0.1, 0.15) is 27.6 Å². The highest BCUT2D eigenvalue weighted by atomic mass is 16.5. The summed E-state index contributed by atoms with van der Waals surface area (Å²) in [6, 6.07) is 13.0. The summed E-state index contributed by atoms with van der Waals surface area (Å²) in [5, 5.41) is 0. The maximum absolute atomic E-state index is 12.2. The highest BCUT2D eigenvalue weighted by Crippen LogP contribution is 2.15. The molecule has 0 heterocycles. The fraction of sp³-hybridized carbons (Fsp3) is 0.176. The van der Waals surface area contributed by atoms with E-state index < -0.39 is 12.1 Å². The molecule has 0 amide bonds. The minimum absolute atomic E-state index is 0.272. The van der Waals surface area contributed by atoms with Crippen LogP contribution in [-0.4, -0.2) is 25.0 Å². The Labute approximate surface area is 128 Å². The molecule has 0 saturated carbocycles. The molecule has 0 saturated heterocycles. The van der Waals surface area contributed by atoms with Crippen molar-refractivity contribution in [1.29, 1.82) is 0 Å². The van der Waals surface area contributed by atoms with Crippen molar-refractivity contribution in [3.63, 3.8) is 0 Å². The molecule has 2 N–H and O–H groups in total. The molecule has 0 aliphatic rings. The van der Waals surface area contributed by atoms with Gasteiger partial charge in [0.2, 0.25) is 5.78 Å². The second-order valence-electron chi connectivity index (χ2n) is 4.76. The Morgan fingerprint density at radius 3 is 2.05 bits per heavy atom. The summed E-state index contributed by atoms with van der Waals surface area (Å²) in [5.74, 6) is -0.177. The molecule has 2 aromatic carbocycles. The minimum atomic E-state index is -0.876. The van der Waals surface area contributed by atoms with E-state index in [0.29, 0.717) is 22.6 Å². The standard InChI is InChI=1S/C17H17NO4/c1-11(16(19)12-5-9-15(21-2)10-6-12)22-17(20)13-3-7-14(18)8-4-13/h3-11H,18H2,1-2H3/t11-/m1/s1. The predicted octanol–water partition coefficient (Wildman–Crippen LogP) is 2.71. The number of hydrogen-bond donors (Lipinski definition) is 1. The van der Waals surface area contributed by atoms with Gasteiger partial charge in [-0.3, -0.25) is 4.79 Å². The lowest BCUT2D eigenvalue weighted by Gasteiger charge is -2.12. The highest BCUT2D eigenvalue weighted by Gasteiger charge is 2.20. The average Bonchev–Trinajstić information content (AvgIpc) is 2.54. The number of carbonyl (C=O) groups excluding carboxylic acids is 2. The topological polar surface area (TPSA) is 78.6 Å². The van der Waals surface area contributed by atoms with Gasteiger partial charge in [0.05, 0.1) is 12.7 Å². The van der Waals surface area contributed by atoms with Gasteiger partial charge in [0.1, 0.15) is 5.75 Å². The zero-order chi connectivity index (χ0) is 16.1. The second kappa shape index (κ2) is 6.76. The summed E-state index contributed by atoms with van der Waals surface area (Å²) in [6.45, 7) is 1.54. The molecule has 5 heteroatoms. The molecule has 0 fully saturated rings. The van der Waals surface area contributed by atoms with Crippen molar-refractivity contribution in [2.24, 2.45) is 0 Å². The molecule has 22 heavy (non-hydrogen) atoms. The smallest absolute Gasteiger partial charge is 0.338 e. The SMILES string of the molecule is COc1ccc(C(=O)[C@@H](C)OC(=O)c2ccc(N)cc2)cc1. The Bertz CT molecular complexity index is 662. The van der Waals surface area contributed by atoms with Crippen molar-refractivity contribution < 1.29 is 19.1 Å². The fourth-order valence-electron chi connectivity index (χ4n) is 1.89. The summed E-state index contributed by atoms with van der Waals surface area (Å²) in [4.78, 5) is 24.2. The van der Waals surface area contributed by atoms with Gasteiger partial charge in [-0.1, -0.05) is 0 Å². The molecule has 0 aliphatic carbocycles. The molecule has 2 aromatic rings. The Hall–Kier alpha value is -2.82. The van der Waals surface area contributed by atoms with E-state index in [0.717, 1.165) is 0 Å². The summed E-state index contributed by atoms with van der Waals surface area (Å²) < 4.78 is 10.2. The number of esters is 1. The Kier molecular flexibility index (Phi) is 4.78. The second-order valence-corrected chi connectivity index (χ2v) is 4.76. The molecular weight excluding hydrogens is 282 g/mol. The highest BCUT2D eigenvalue weighted by molar-refractivity contribution is 6.01. The molecule has 0 aliphatic heterocycles. The first-order valence-corrected chi connectivity index (χ1v) is 6.76. The van der Waals surface area contributed by atoms with Crippen molar-refractivity contribution >= 4 is 17.4 Å². The van der Waals surface area contributed by atoms with Gasteiger partial charge in [-0.2, -0.15) is 0 Å². The first-order chi connectivity index (χ1) is 10.5. The monoisotopic (exact) mass is 299 g/mol. The maximum Gasteiger partial charge on any atom is 0.338 e. The molecular formula is C17H17NO4. The van der Waals surface area contributed by atoms with E-state index in [4.69, 9.17) is 15.2 Å². The van der Waals surface area contributed by atoms with Crippen LogP contribution in [0.4, 0.5) is 5.69 Å². The van der Waals surface area contributed by atoms with Gasteiger partial charge in [-0.25, -0.2) is 4.79 Å². The van der Waals surface area contributed by atoms with Crippen LogP contribution in [0.2, 0.25) is 0 Å². The number of benzene rings is 2. The Morgan fingerprint density at radius 1 is 0.955 bits per heavy atom. The molecule has 1 atom stereocenters. The number of ketones is 1. The van der Waals surface area contributed by atoms with Crippen molar-refractivity contribution in [2.75, 3.05) is 12.8 Å². The van der Waals surface area contributed by atoms with E-state index in [-0.39, 0.29) is 5.78 Å². The van der Waals surface area contributed by atoms with Crippen molar-refractivity contribution in [1.82, 2.24) is 0 Å². The van der Waals surface area contributed by atoms with E-state index in [1.54, 1.807) is 62.6 Å². The molecule has 0 aromatic heterocycles. The number of nitrogen functional groups attached to an aromatic ring is 1. The lowest BCUT2D eigenvalue weighted by Crippen LogP contribution is -2.24. The van der Waals surface area contributed by atoms with E-state index in [2.05, 4.69) is 0 Å². The number of anilines is 1. The third-order valence-electron chi connectivity index (χ3n) is 3.17. The van der Waals surface area contributed by atoms with Crippen LogP contribution in [-0.2, 0) is 4.74 Å². The third-order valence-corrected chi connectivity index (χ3v) is 3.17. The summed E-state index contributed by atoms with van der Waals surface area (Å²) >= 11 is 0. The van der Waals surface area contributed by atoms with Gasteiger partial charge in [0.25, 0.3) is 0 Å². The molecule has 0 spiro atoms. The van der Waals surface area contributed by atoms with Crippen LogP contribution >= 0.6 is 0 Å². The third kappa shape index (κ3) is 3.63. The molecule has 114 valence electrons. The lowest BCUT2D eigenvalue weighted by atomic mass is 10.1. The molecule has 0 bridgehead atoms. The zero-order valence-electron chi connectivity index (χ0n) is 12.4. The molecule has 5 nitrogen and oxygen atoms in total. The van der Waals surface area contributed by atoms with Gasteiger partial charge in [-0.15, -0.1) is 0 Å². The number of nitrogens with two attached hydrogens (primary N) is 1. The first-order valence-electron chi connectivity index (χ1n) is 6.76. The van der Waals surface area contributed by atoms with Crippen molar-refractivity contribution in [3.05, 3.63) is 59.7 Å². The van der Waals surface area contributed by atoms with Crippen LogP contribution in [0.3, 0.4) is 0 Å². The number of carbonyl (C=O) groups is 2. The fourth-order valence-corrected chi connectivity index (χ4v) is 1.89. The predicted molar refractivity (Wildman–Crippen MR) is 83.1 cm³/mol. The van der Waals surface area contributed by atoms with E-state index in [1.807, 2.05) is 0 Å². The van der Waals surface area contributed by atoms with Crippen LogP contribution in [0.5, 0.6) is 5.75 Å². The van der Waals surface area contributed by atoms with Crippen LogP contribution < -0.4 is 10.5 Å². The first kappa shape index (κ1) is 15.6. The minimum Gasteiger partial charge on any atom is -0.497 e. The molecule has 0 unspecified atom stereocenters. The summed E-state index contributed by atoms with van der Waals surface area (Å²) in [5.41, 5.74) is 6.92. The molecule has 0 radical (unpaired) electrons. The van der Waals surface area contributed by atoms with Crippen LogP contribution in [0.15, 0.2) is 48.5 Å². The Balaban J connectivity index is 2.03. The Morgan fingerprint density at radius 2 is 1.50 bits per heavy atom. The van der Waals surface area contributed by atoms with Crippen LogP contribution in [0.25, 0.3) is 0 Å². The van der Waals surface area contributed by atoms with Gasteiger partial charge in [0, 0.05) is 11.3 Å². The zero-order valence-corrected chi connectivity index (χ0v) is 12.4. The number of ether oxygens (including phenoxy) is 2. The number of hydrogen-bond acceptors (Lipinski definition) is 5. The lowest BCUT2D eigenvalue weighted by molar-refractivity contribution is 0.0319. The molecule has 2 rings (SSSR count). The summed E-state index contributed by atoms with van der Waals surface area (Å²) in [6.07, 6.45) is -0.876. The quantitative estimate of drug-likeness (QED) is 0.521. The van der Waals surface area contributed by atoms with Crippen molar-refractivity contribution in [2.45, 2.75) is 13.0 Å². The van der Waals surface area contributed by atoms with Gasteiger partial charge in [-0.05, 0) is 55.5 Å². The van der Waals surface area contributed by atoms with E-state index >= 15 is 0 Å². The van der Waals surface area contributed by atoms with Gasteiger partial charge in [0.15, 0.2) is 6.10 Å². The summed E-state index contributed by atoms with van der Waals surface area (Å²) in [7, 11) is 1.55. The van der Waals surface area contributed by atoms with E-state index in [1.165, 1.54) is 0 Å². The largest absolute Gasteiger partial charge is 0.497 e. The van der Waals surface area contributed by atoms with Gasteiger partial charge < -0.3 is 15.2 Å². The van der Waals surface area contributed by atoms with Crippen molar-refractivity contribution in [3.8, 4) is 5.75 Å². The van der Waals surface area contributed by atoms with Gasteiger partial charge >= 0.3 is 5.97 Å². The number of rotatable bonds is 5. The number of methoxy groups -OCH3 is 1. The van der Waals surface area contributed by atoms with E-state index in [9.17, 15) is 9.59 Å². The van der Waals surface area contributed by atoms with Crippen LogP contribution in [0, 0.1) is 0 Å². The normalized spacial score (nSPS) is 11.5. The average molecular weight is 299 g/mol. The number of Topliss-reactive ketones (excluding diaryl/α,β-unsaturated/α-hetero) is 1.